The van der Waals surface area contributed by atoms with Crippen LogP contribution in [0.5, 0.6) is 5.75 Å². The van der Waals surface area contributed by atoms with Gasteiger partial charge in [0.25, 0.3) is 0 Å². The molecule has 0 atom stereocenters. The molecule has 1 heterocycles. The molecule has 0 amide bonds. The Morgan fingerprint density at radius 2 is 1.95 bits per heavy atom. The van der Waals surface area contributed by atoms with Gasteiger partial charge in [0.2, 0.25) is 5.78 Å². The number of hydrogen-bond acceptors (Lipinski definition) is 3. The minimum Gasteiger partial charge on any atom is -0.434 e. The van der Waals surface area contributed by atoms with Crippen LogP contribution in [-0.4, -0.2) is 12.4 Å². The predicted octanol–water partition coefficient (Wildman–Crippen LogP) is 4.20. The lowest BCUT2D eigenvalue weighted by molar-refractivity contribution is -0.0501. The third-order valence-corrected chi connectivity index (χ3v) is 3.75. The van der Waals surface area contributed by atoms with Crippen molar-refractivity contribution in [1.82, 2.24) is 0 Å². The summed E-state index contributed by atoms with van der Waals surface area (Å²) in [6.07, 6.45) is 0. The van der Waals surface area contributed by atoms with Crippen LogP contribution in [0.4, 0.5) is 8.78 Å². The van der Waals surface area contributed by atoms with Crippen LogP contribution in [0.3, 0.4) is 0 Å². The van der Waals surface area contributed by atoms with Gasteiger partial charge in [-0.1, -0.05) is 12.1 Å². The summed E-state index contributed by atoms with van der Waals surface area (Å²) >= 11 is 1.35. The summed E-state index contributed by atoms with van der Waals surface area (Å²) < 4.78 is 29.0. The highest BCUT2D eigenvalue weighted by atomic mass is 32.1. The number of ketones is 1. The molecule has 0 saturated carbocycles. The van der Waals surface area contributed by atoms with Crippen LogP contribution >= 0.6 is 11.3 Å². The minimum atomic E-state index is -2.94. The van der Waals surface area contributed by atoms with Crippen molar-refractivity contribution in [3.05, 3.63) is 51.2 Å². The van der Waals surface area contributed by atoms with Crippen molar-refractivity contribution in [3.8, 4) is 5.75 Å². The number of carbonyl (C=O) groups is 1. The van der Waals surface area contributed by atoms with Crippen LogP contribution in [0.1, 0.15) is 25.7 Å². The molecule has 2 rings (SSSR count). The number of hydrogen-bond donors (Lipinski definition) is 0. The van der Waals surface area contributed by atoms with Gasteiger partial charge in [0.15, 0.2) is 0 Å². The number of halogens is 2. The Morgan fingerprint density at radius 3 is 2.53 bits per heavy atom. The summed E-state index contributed by atoms with van der Waals surface area (Å²) in [6, 6.07) is 7.95. The van der Waals surface area contributed by atoms with Gasteiger partial charge in [0, 0.05) is 4.88 Å². The van der Waals surface area contributed by atoms with Gasteiger partial charge in [0.05, 0.1) is 10.4 Å². The van der Waals surface area contributed by atoms with Crippen LogP contribution in [-0.2, 0) is 0 Å². The van der Waals surface area contributed by atoms with E-state index in [1.54, 1.807) is 12.1 Å². The molecule has 0 aliphatic heterocycles. The highest BCUT2D eigenvalue weighted by Gasteiger charge is 2.19. The number of alkyl halides is 2. The molecule has 1 aromatic heterocycles. The molecule has 0 unspecified atom stereocenters. The Bertz CT molecular complexity index is 605. The number of carbonyl (C=O) groups excluding carboxylic acids is 1. The van der Waals surface area contributed by atoms with E-state index in [-0.39, 0.29) is 17.1 Å². The van der Waals surface area contributed by atoms with Crippen molar-refractivity contribution in [1.29, 1.82) is 0 Å². The summed E-state index contributed by atoms with van der Waals surface area (Å²) in [5.41, 5.74) is 1.01. The van der Waals surface area contributed by atoms with Crippen molar-refractivity contribution < 1.29 is 18.3 Å². The second-order valence-corrected chi connectivity index (χ2v) is 5.33. The predicted molar refractivity (Wildman–Crippen MR) is 70.3 cm³/mol. The van der Waals surface area contributed by atoms with Crippen LogP contribution < -0.4 is 4.74 Å². The number of thiophene rings is 1. The van der Waals surface area contributed by atoms with Crippen LogP contribution in [0, 0.1) is 13.8 Å². The van der Waals surface area contributed by atoms with Crippen molar-refractivity contribution in [2.75, 3.05) is 0 Å². The highest BCUT2D eigenvalue weighted by Crippen LogP contribution is 2.28. The van der Waals surface area contributed by atoms with Gasteiger partial charge in [-0.25, -0.2) is 0 Å². The number of ether oxygens (including phenoxy) is 1. The third-order valence-electron chi connectivity index (χ3n) is 2.59. The molecule has 0 bridgehead atoms. The van der Waals surface area contributed by atoms with E-state index in [0.717, 1.165) is 10.4 Å². The standard InChI is InChI=1S/C14H12F2O2S/c1-8-7-9(2)19-13(8)12(17)10-5-3-4-6-11(10)18-14(15)16/h3-7,14H,1-2H3. The molecule has 0 aliphatic rings. The zero-order valence-electron chi connectivity index (χ0n) is 10.4. The maximum Gasteiger partial charge on any atom is 0.387 e. The SMILES string of the molecule is Cc1cc(C)c(C(=O)c2ccccc2OC(F)F)s1. The largest absolute Gasteiger partial charge is 0.434 e. The van der Waals surface area contributed by atoms with Gasteiger partial charge in [-0.05, 0) is 37.6 Å². The molecule has 0 saturated heterocycles. The number of rotatable bonds is 4. The first-order valence-electron chi connectivity index (χ1n) is 5.64. The molecule has 0 N–H and O–H groups in total. The summed E-state index contributed by atoms with van der Waals surface area (Å²) in [5.74, 6) is -0.375. The fourth-order valence-corrected chi connectivity index (χ4v) is 2.82. The summed E-state index contributed by atoms with van der Waals surface area (Å²) in [4.78, 5) is 13.9. The maximum absolute atomic E-state index is 12.4. The van der Waals surface area contributed by atoms with Crippen LogP contribution in [0.2, 0.25) is 0 Å². The summed E-state index contributed by atoms with van der Waals surface area (Å²) in [5, 5.41) is 0. The van der Waals surface area contributed by atoms with E-state index < -0.39 is 6.61 Å². The Labute approximate surface area is 113 Å². The first-order chi connectivity index (χ1) is 8.99. The molecular weight excluding hydrogens is 270 g/mol. The Kier molecular flexibility index (Phi) is 3.95. The Morgan fingerprint density at radius 1 is 1.26 bits per heavy atom. The molecule has 0 spiro atoms. The van der Waals surface area contributed by atoms with E-state index in [1.807, 2.05) is 19.9 Å². The molecule has 5 heteroatoms. The second-order valence-electron chi connectivity index (χ2n) is 4.07. The molecule has 19 heavy (non-hydrogen) atoms. The van der Waals surface area contributed by atoms with Crippen molar-refractivity contribution in [3.63, 3.8) is 0 Å². The zero-order chi connectivity index (χ0) is 14.0. The molecule has 0 aliphatic carbocycles. The van der Waals surface area contributed by atoms with E-state index in [1.165, 1.54) is 23.5 Å². The first kappa shape index (κ1) is 13.7. The van der Waals surface area contributed by atoms with E-state index in [4.69, 9.17) is 0 Å². The average Bonchev–Trinajstić information content (AvgIpc) is 2.67. The lowest BCUT2D eigenvalue weighted by Crippen LogP contribution is -2.08. The van der Waals surface area contributed by atoms with Crippen molar-refractivity contribution in [2.45, 2.75) is 20.5 Å². The van der Waals surface area contributed by atoms with E-state index in [2.05, 4.69) is 4.74 Å². The fourth-order valence-electron chi connectivity index (χ4n) is 1.84. The number of benzene rings is 1. The van der Waals surface area contributed by atoms with Gasteiger partial charge in [0.1, 0.15) is 5.75 Å². The highest BCUT2D eigenvalue weighted by molar-refractivity contribution is 7.14. The molecular formula is C14H12F2O2S. The van der Waals surface area contributed by atoms with Crippen LogP contribution in [0.15, 0.2) is 30.3 Å². The molecule has 1 aromatic carbocycles. The lowest BCUT2D eigenvalue weighted by Gasteiger charge is -2.09. The quantitative estimate of drug-likeness (QED) is 0.786. The number of para-hydroxylation sites is 1. The average molecular weight is 282 g/mol. The normalized spacial score (nSPS) is 10.8. The van der Waals surface area contributed by atoms with Crippen molar-refractivity contribution >= 4 is 17.1 Å². The van der Waals surface area contributed by atoms with E-state index in [0.29, 0.717) is 4.88 Å². The third kappa shape index (κ3) is 2.98. The van der Waals surface area contributed by atoms with Crippen molar-refractivity contribution in [2.24, 2.45) is 0 Å². The van der Waals surface area contributed by atoms with Gasteiger partial charge in [-0.2, -0.15) is 8.78 Å². The van der Waals surface area contributed by atoms with Gasteiger partial charge < -0.3 is 4.74 Å². The van der Waals surface area contributed by atoms with Gasteiger partial charge >= 0.3 is 6.61 Å². The molecule has 2 nitrogen and oxygen atoms in total. The Hall–Kier alpha value is -1.75. The van der Waals surface area contributed by atoms with E-state index >= 15 is 0 Å². The Balaban J connectivity index is 2.41. The second kappa shape index (κ2) is 5.48. The molecule has 0 fully saturated rings. The number of aryl methyl sites for hydroxylation is 2. The van der Waals surface area contributed by atoms with Gasteiger partial charge in [-0.15, -0.1) is 11.3 Å². The van der Waals surface area contributed by atoms with Gasteiger partial charge in [-0.3, -0.25) is 4.79 Å². The smallest absolute Gasteiger partial charge is 0.387 e. The summed E-state index contributed by atoms with van der Waals surface area (Å²) in [7, 11) is 0. The first-order valence-corrected chi connectivity index (χ1v) is 6.46. The fraction of sp³-hybridized carbons (Fsp3) is 0.214. The van der Waals surface area contributed by atoms with Crippen LogP contribution in [0.25, 0.3) is 0 Å². The molecule has 100 valence electrons. The minimum absolute atomic E-state index is 0.0899. The van der Waals surface area contributed by atoms with E-state index in [9.17, 15) is 13.6 Å². The zero-order valence-corrected chi connectivity index (χ0v) is 11.3. The molecule has 2 aromatic rings. The topological polar surface area (TPSA) is 26.3 Å². The summed E-state index contributed by atoms with van der Waals surface area (Å²) in [6.45, 7) is 0.781. The molecule has 0 radical (unpaired) electrons. The lowest BCUT2D eigenvalue weighted by atomic mass is 10.1. The maximum atomic E-state index is 12.4. The monoisotopic (exact) mass is 282 g/mol.